The van der Waals surface area contributed by atoms with Gasteiger partial charge in [0, 0.05) is 0 Å². The van der Waals surface area contributed by atoms with E-state index in [1.165, 1.54) is 11.1 Å². The first kappa shape index (κ1) is 12.2. The number of hydrogen-bond donors (Lipinski definition) is 1. The summed E-state index contributed by atoms with van der Waals surface area (Å²) >= 11 is 0. The maximum absolute atomic E-state index is 3.71. The molecule has 2 heteroatoms. The summed E-state index contributed by atoms with van der Waals surface area (Å²) in [5.41, 5.74) is 2.55. The number of likely N-dealkylation sites (N-methyl/N-ethyl adjacent to an activating group) is 1. The molecule has 0 aliphatic heterocycles. The number of hydrogen-bond acceptors (Lipinski definition) is 1. The van der Waals surface area contributed by atoms with E-state index in [1.807, 2.05) is 13.1 Å². The lowest BCUT2D eigenvalue weighted by Gasteiger charge is -2.00. The molecule has 0 aliphatic rings. The van der Waals surface area contributed by atoms with Gasteiger partial charge in [-0.05, 0) is 31.1 Å². The van der Waals surface area contributed by atoms with E-state index in [0.29, 0.717) is 0 Å². The number of rotatable bonds is 4. The van der Waals surface area contributed by atoms with Crippen molar-refractivity contribution in [2.75, 3.05) is 13.6 Å². The number of nitrogens with one attached hydrogen (secondary N) is 1. The molecular weight excluding hydrogens is 182 g/mol. The second-order valence-electron chi connectivity index (χ2n) is 2.80. The van der Waals surface area contributed by atoms with Crippen LogP contribution in [0.5, 0.6) is 0 Å². The SMILES string of the molecule is C=Cc1ccc(CCNC)cc1.Cl. The standard InChI is InChI=1S/C11H15N.ClH/c1-3-10-4-6-11(7-5-10)8-9-12-2;/h3-7,12H,1,8-9H2,2H3;1H. The van der Waals surface area contributed by atoms with Crippen molar-refractivity contribution in [3.8, 4) is 0 Å². The van der Waals surface area contributed by atoms with Gasteiger partial charge in [-0.25, -0.2) is 0 Å². The Bertz CT molecular complexity index is 241. The van der Waals surface area contributed by atoms with E-state index >= 15 is 0 Å². The van der Waals surface area contributed by atoms with Crippen LogP contribution < -0.4 is 5.32 Å². The molecule has 0 radical (unpaired) electrons. The molecule has 1 aromatic rings. The molecule has 0 saturated carbocycles. The highest BCUT2D eigenvalue weighted by molar-refractivity contribution is 5.85. The van der Waals surface area contributed by atoms with Gasteiger partial charge < -0.3 is 5.32 Å². The van der Waals surface area contributed by atoms with Crippen LogP contribution in [0.15, 0.2) is 30.8 Å². The molecule has 72 valence electrons. The van der Waals surface area contributed by atoms with Crippen LogP contribution in [0.25, 0.3) is 6.08 Å². The van der Waals surface area contributed by atoms with Crippen LogP contribution in [0.3, 0.4) is 0 Å². The van der Waals surface area contributed by atoms with Gasteiger partial charge >= 0.3 is 0 Å². The molecule has 0 unspecified atom stereocenters. The average molecular weight is 198 g/mol. The molecule has 1 N–H and O–H groups in total. The maximum atomic E-state index is 3.71. The minimum absolute atomic E-state index is 0. The second-order valence-corrected chi connectivity index (χ2v) is 2.80. The normalized spacial score (nSPS) is 9.00. The summed E-state index contributed by atoms with van der Waals surface area (Å²) in [7, 11) is 1.97. The molecule has 0 aliphatic carbocycles. The monoisotopic (exact) mass is 197 g/mol. The van der Waals surface area contributed by atoms with Crippen molar-refractivity contribution in [2.24, 2.45) is 0 Å². The lowest BCUT2D eigenvalue weighted by Crippen LogP contribution is -2.10. The molecule has 13 heavy (non-hydrogen) atoms. The molecule has 0 fully saturated rings. The summed E-state index contributed by atoms with van der Waals surface area (Å²) in [5, 5.41) is 3.12. The molecule has 0 bridgehead atoms. The van der Waals surface area contributed by atoms with Crippen molar-refractivity contribution in [2.45, 2.75) is 6.42 Å². The molecule has 0 aromatic heterocycles. The molecular formula is C11H16ClN. The maximum Gasteiger partial charge on any atom is -0.00114 e. The van der Waals surface area contributed by atoms with Crippen LogP contribution in [0.4, 0.5) is 0 Å². The molecule has 1 rings (SSSR count). The third-order valence-corrected chi connectivity index (χ3v) is 1.88. The van der Waals surface area contributed by atoms with E-state index < -0.39 is 0 Å². The first-order valence-corrected chi connectivity index (χ1v) is 4.23. The zero-order valence-corrected chi connectivity index (χ0v) is 8.73. The fourth-order valence-electron chi connectivity index (χ4n) is 1.09. The van der Waals surface area contributed by atoms with Gasteiger partial charge in [-0.15, -0.1) is 12.4 Å². The molecule has 0 amide bonds. The van der Waals surface area contributed by atoms with E-state index in [-0.39, 0.29) is 12.4 Å². The Kier molecular flexibility index (Phi) is 6.29. The fourth-order valence-corrected chi connectivity index (χ4v) is 1.09. The Hall–Kier alpha value is -0.790. The van der Waals surface area contributed by atoms with E-state index in [2.05, 4.69) is 36.2 Å². The van der Waals surface area contributed by atoms with Gasteiger partial charge in [-0.3, -0.25) is 0 Å². The average Bonchev–Trinajstić information content (AvgIpc) is 2.15. The topological polar surface area (TPSA) is 12.0 Å². The van der Waals surface area contributed by atoms with Crippen LogP contribution in [0.2, 0.25) is 0 Å². The highest BCUT2D eigenvalue weighted by atomic mass is 35.5. The Labute approximate surface area is 86.3 Å². The zero-order valence-electron chi connectivity index (χ0n) is 7.92. The molecule has 1 nitrogen and oxygen atoms in total. The van der Waals surface area contributed by atoms with Crippen molar-refractivity contribution >= 4 is 18.5 Å². The number of benzene rings is 1. The minimum atomic E-state index is 0. The summed E-state index contributed by atoms with van der Waals surface area (Å²) in [5.74, 6) is 0. The summed E-state index contributed by atoms with van der Waals surface area (Å²) in [4.78, 5) is 0. The van der Waals surface area contributed by atoms with Crippen LogP contribution in [-0.4, -0.2) is 13.6 Å². The lowest BCUT2D eigenvalue weighted by atomic mass is 10.1. The Morgan fingerprint density at radius 2 is 1.92 bits per heavy atom. The van der Waals surface area contributed by atoms with Gasteiger partial charge in [0.25, 0.3) is 0 Å². The highest BCUT2D eigenvalue weighted by Crippen LogP contribution is 2.05. The molecule has 0 heterocycles. The van der Waals surface area contributed by atoms with Gasteiger partial charge in [0.1, 0.15) is 0 Å². The van der Waals surface area contributed by atoms with E-state index in [1.54, 1.807) is 0 Å². The van der Waals surface area contributed by atoms with E-state index in [4.69, 9.17) is 0 Å². The number of halogens is 1. The fraction of sp³-hybridized carbons (Fsp3) is 0.273. The third-order valence-electron chi connectivity index (χ3n) is 1.88. The first-order valence-electron chi connectivity index (χ1n) is 4.23. The van der Waals surface area contributed by atoms with Crippen molar-refractivity contribution in [1.29, 1.82) is 0 Å². The Morgan fingerprint density at radius 3 is 2.38 bits per heavy atom. The minimum Gasteiger partial charge on any atom is -0.319 e. The summed E-state index contributed by atoms with van der Waals surface area (Å²) in [6.45, 7) is 4.75. The molecule has 1 aromatic carbocycles. The van der Waals surface area contributed by atoms with E-state index in [0.717, 1.165) is 13.0 Å². The predicted molar refractivity (Wildman–Crippen MR) is 61.4 cm³/mol. The molecule has 0 atom stereocenters. The van der Waals surface area contributed by atoms with Crippen LogP contribution in [0.1, 0.15) is 11.1 Å². The smallest absolute Gasteiger partial charge is 0.00114 e. The third kappa shape index (κ3) is 4.11. The van der Waals surface area contributed by atoms with Gasteiger partial charge in [0.15, 0.2) is 0 Å². The zero-order chi connectivity index (χ0) is 8.81. The quantitative estimate of drug-likeness (QED) is 0.782. The van der Waals surface area contributed by atoms with Crippen LogP contribution >= 0.6 is 12.4 Å². The van der Waals surface area contributed by atoms with Gasteiger partial charge in [-0.1, -0.05) is 36.9 Å². The van der Waals surface area contributed by atoms with Gasteiger partial charge in [0.2, 0.25) is 0 Å². The first-order chi connectivity index (χ1) is 5.86. The predicted octanol–water partition coefficient (Wildman–Crippen LogP) is 2.51. The largest absolute Gasteiger partial charge is 0.319 e. The Balaban J connectivity index is 0.00000144. The van der Waals surface area contributed by atoms with Gasteiger partial charge in [-0.2, -0.15) is 0 Å². The second kappa shape index (κ2) is 6.70. The summed E-state index contributed by atoms with van der Waals surface area (Å²) in [6.07, 6.45) is 2.95. The lowest BCUT2D eigenvalue weighted by molar-refractivity contribution is 0.792. The summed E-state index contributed by atoms with van der Waals surface area (Å²) in [6, 6.07) is 8.48. The van der Waals surface area contributed by atoms with Crippen LogP contribution in [0, 0.1) is 0 Å². The van der Waals surface area contributed by atoms with Crippen molar-refractivity contribution in [3.05, 3.63) is 42.0 Å². The van der Waals surface area contributed by atoms with Crippen molar-refractivity contribution < 1.29 is 0 Å². The van der Waals surface area contributed by atoms with E-state index in [9.17, 15) is 0 Å². The Morgan fingerprint density at radius 1 is 1.31 bits per heavy atom. The van der Waals surface area contributed by atoms with Crippen molar-refractivity contribution in [3.63, 3.8) is 0 Å². The van der Waals surface area contributed by atoms with Crippen LogP contribution in [-0.2, 0) is 6.42 Å². The van der Waals surface area contributed by atoms with Crippen molar-refractivity contribution in [1.82, 2.24) is 5.32 Å². The summed E-state index contributed by atoms with van der Waals surface area (Å²) < 4.78 is 0. The van der Waals surface area contributed by atoms with Gasteiger partial charge in [0.05, 0.1) is 0 Å². The highest BCUT2D eigenvalue weighted by Gasteiger charge is 1.90. The molecule has 0 spiro atoms. The molecule has 0 saturated heterocycles.